The molecular weight excluding hydrogens is 158 g/mol. The number of benzene rings is 2. The molecule has 59 valence electrons. The molecule has 0 aliphatic carbocycles. The van der Waals surface area contributed by atoms with Crippen LogP contribution >= 0.6 is 0 Å². The second kappa shape index (κ2) is 2.55. The Morgan fingerprint density at radius 1 is 1.08 bits per heavy atom. The highest BCUT2D eigenvalue weighted by molar-refractivity contribution is 5.82. The van der Waals surface area contributed by atoms with Gasteiger partial charge in [-0.25, -0.2) is 8.78 Å². The van der Waals surface area contributed by atoms with Gasteiger partial charge in [-0.2, -0.15) is 0 Å². The SMILES string of the molecule is Fc1ccc2ccc[c]c2c1F. The lowest BCUT2D eigenvalue weighted by atomic mass is 10.1. The third kappa shape index (κ3) is 0.961. The maximum absolute atomic E-state index is 13.0. The summed E-state index contributed by atoms with van der Waals surface area (Å²) in [5.41, 5.74) is 0. The summed E-state index contributed by atoms with van der Waals surface area (Å²) in [6.45, 7) is 0. The average Bonchev–Trinajstić information content (AvgIpc) is 2.12. The van der Waals surface area contributed by atoms with Crippen LogP contribution in [0.2, 0.25) is 0 Å². The van der Waals surface area contributed by atoms with Crippen molar-refractivity contribution in [2.75, 3.05) is 0 Å². The molecule has 2 aromatic carbocycles. The fourth-order valence-corrected chi connectivity index (χ4v) is 1.13. The molecule has 0 spiro atoms. The molecular formula is C10H5F2. The van der Waals surface area contributed by atoms with Crippen molar-refractivity contribution in [3.63, 3.8) is 0 Å². The van der Waals surface area contributed by atoms with E-state index in [1.54, 1.807) is 18.2 Å². The maximum Gasteiger partial charge on any atom is 0.167 e. The van der Waals surface area contributed by atoms with Crippen LogP contribution in [0.15, 0.2) is 30.3 Å². The van der Waals surface area contributed by atoms with Gasteiger partial charge in [0.15, 0.2) is 11.6 Å². The first kappa shape index (κ1) is 7.22. The summed E-state index contributed by atoms with van der Waals surface area (Å²) in [5, 5.41) is 0.869. The Balaban J connectivity index is 2.91. The molecule has 0 amide bonds. The number of hydrogen-bond donors (Lipinski definition) is 0. The summed E-state index contributed by atoms with van der Waals surface area (Å²) >= 11 is 0. The van der Waals surface area contributed by atoms with Gasteiger partial charge < -0.3 is 0 Å². The van der Waals surface area contributed by atoms with Crippen LogP contribution in [-0.4, -0.2) is 0 Å². The standard InChI is InChI=1S/C10H5F2/c11-9-6-5-7-3-1-2-4-8(7)10(9)12/h1-3,5-6H. The maximum atomic E-state index is 13.0. The smallest absolute Gasteiger partial charge is 0.167 e. The van der Waals surface area contributed by atoms with E-state index in [9.17, 15) is 8.78 Å². The first-order valence-electron chi connectivity index (χ1n) is 3.53. The third-order valence-electron chi connectivity index (χ3n) is 1.73. The van der Waals surface area contributed by atoms with Crippen molar-refractivity contribution >= 4 is 10.8 Å². The Bertz CT molecular complexity index is 421. The number of rotatable bonds is 0. The summed E-state index contributed by atoms with van der Waals surface area (Å²) in [7, 11) is 0. The van der Waals surface area contributed by atoms with Gasteiger partial charge >= 0.3 is 0 Å². The summed E-state index contributed by atoms with van der Waals surface area (Å²) in [5.74, 6) is -1.65. The van der Waals surface area contributed by atoms with E-state index in [0.29, 0.717) is 5.39 Å². The lowest BCUT2D eigenvalue weighted by molar-refractivity contribution is 0.517. The van der Waals surface area contributed by atoms with Crippen LogP contribution < -0.4 is 0 Å². The molecule has 0 saturated carbocycles. The Kier molecular flexibility index (Phi) is 1.54. The van der Waals surface area contributed by atoms with Crippen molar-refractivity contribution in [3.05, 3.63) is 48.0 Å². The lowest BCUT2D eigenvalue weighted by Crippen LogP contribution is -1.84. The van der Waals surface area contributed by atoms with Crippen molar-refractivity contribution in [2.45, 2.75) is 0 Å². The third-order valence-corrected chi connectivity index (χ3v) is 1.73. The Hall–Kier alpha value is -1.44. The summed E-state index contributed by atoms with van der Waals surface area (Å²) < 4.78 is 25.6. The molecule has 0 fully saturated rings. The number of halogens is 2. The molecule has 0 bridgehead atoms. The highest BCUT2D eigenvalue weighted by Crippen LogP contribution is 2.18. The summed E-state index contributed by atoms with van der Waals surface area (Å²) in [6.07, 6.45) is 0. The van der Waals surface area contributed by atoms with E-state index in [-0.39, 0.29) is 5.39 Å². The van der Waals surface area contributed by atoms with Crippen molar-refractivity contribution in [3.8, 4) is 0 Å². The van der Waals surface area contributed by atoms with Gasteiger partial charge in [-0.3, -0.25) is 0 Å². The molecule has 0 heterocycles. The fourth-order valence-electron chi connectivity index (χ4n) is 1.13. The molecule has 1 radical (unpaired) electrons. The molecule has 0 saturated heterocycles. The van der Waals surface area contributed by atoms with Crippen LogP contribution in [0.3, 0.4) is 0 Å². The van der Waals surface area contributed by atoms with Gasteiger partial charge in [-0.15, -0.1) is 0 Å². The lowest BCUT2D eigenvalue weighted by Gasteiger charge is -1.97. The highest BCUT2D eigenvalue weighted by atomic mass is 19.2. The molecule has 0 aliphatic heterocycles. The predicted octanol–water partition coefficient (Wildman–Crippen LogP) is 2.92. The average molecular weight is 163 g/mol. The number of fused-ring (bicyclic) bond motifs is 1. The topological polar surface area (TPSA) is 0 Å². The van der Waals surface area contributed by atoms with Crippen LogP contribution in [-0.2, 0) is 0 Å². The van der Waals surface area contributed by atoms with Crippen LogP contribution in [0, 0.1) is 17.7 Å². The van der Waals surface area contributed by atoms with E-state index in [2.05, 4.69) is 6.07 Å². The van der Waals surface area contributed by atoms with Gasteiger partial charge in [-0.05, 0) is 17.5 Å². The zero-order valence-corrected chi connectivity index (χ0v) is 6.14. The second-order valence-corrected chi connectivity index (χ2v) is 2.50. The molecule has 0 N–H and O–H groups in total. The fraction of sp³-hybridized carbons (Fsp3) is 0. The highest BCUT2D eigenvalue weighted by Gasteiger charge is 2.04. The first-order chi connectivity index (χ1) is 5.79. The molecule has 0 aromatic heterocycles. The Morgan fingerprint density at radius 3 is 2.75 bits per heavy atom. The minimum atomic E-state index is -0.829. The van der Waals surface area contributed by atoms with Crippen LogP contribution in [0.4, 0.5) is 8.78 Å². The van der Waals surface area contributed by atoms with E-state index in [0.717, 1.165) is 6.07 Å². The summed E-state index contributed by atoms with van der Waals surface area (Å²) in [4.78, 5) is 0. The minimum Gasteiger partial charge on any atom is -0.204 e. The molecule has 12 heavy (non-hydrogen) atoms. The van der Waals surface area contributed by atoms with E-state index in [1.807, 2.05) is 0 Å². The predicted molar refractivity (Wildman–Crippen MR) is 42.7 cm³/mol. The molecule has 2 rings (SSSR count). The van der Waals surface area contributed by atoms with Crippen molar-refractivity contribution < 1.29 is 8.78 Å². The van der Waals surface area contributed by atoms with Gasteiger partial charge in [0, 0.05) is 5.39 Å². The molecule has 2 aromatic rings. The van der Waals surface area contributed by atoms with E-state index in [1.165, 1.54) is 6.07 Å². The Labute approximate surface area is 68.4 Å². The molecule has 2 heteroatoms. The molecule has 0 aliphatic rings. The van der Waals surface area contributed by atoms with Crippen LogP contribution in [0.1, 0.15) is 0 Å². The summed E-state index contributed by atoms with van der Waals surface area (Å²) in [6, 6.07) is 10.3. The van der Waals surface area contributed by atoms with E-state index < -0.39 is 11.6 Å². The molecule has 0 nitrogen and oxygen atoms in total. The zero-order valence-electron chi connectivity index (χ0n) is 6.14. The van der Waals surface area contributed by atoms with Gasteiger partial charge in [0.1, 0.15) is 0 Å². The quantitative estimate of drug-likeness (QED) is 0.560. The van der Waals surface area contributed by atoms with Crippen LogP contribution in [0.5, 0.6) is 0 Å². The molecule has 0 atom stereocenters. The van der Waals surface area contributed by atoms with Gasteiger partial charge in [0.2, 0.25) is 0 Å². The van der Waals surface area contributed by atoms with E-state index >= 15 is 0 Å². The normalized spacial score (nSPS) is 10.5. The number of hydrogen-bond acceptors (Lipinski definition) is 0. The molecule has 0 unspecified atom stereocenters. The van der Waals surface area contributed by atoms with Gasteiger partial charge in [0.05, 0.1) is 0 Å². The van der Waals surface area contributed by atoms with Gasteiger partial charge in [-0.1, -0.05) is 24.3 Å². The van der Waals surface area contributed by atoms with Gasteiger partial charge in [0.25, 0.3) is 0 Å². The van der Waals surface area contributed by atoms with Crippen molar-refractivity contribution in [1.82, 2.24) is 0 Å². The van der Waals surface area contributed by atoms with Crippen molar-refractivity contribution in [2.24, 2.45) is 0 Å². The van der Waals surface area contributed by atoms with Crippen LogP contribution in [0.25, 0.3) is 10.8 Å². The first-order valence-corrected chi connectivity index (χ1v) is 3.53. The monoisotopic (exact) mass is 163 g/mol. The minimum absolute atomic E-state index is 0.206. The zero-order chi connectivity index (χ0) is 8.55. The largest absolute Gasteiger partial charge is 0.204 e. The Morgan fingerprint density at radius 2 is 1.92 bits per heavy atom. The second-order valence-electron chi connectivity index (χ2n) is 2.50. The van der Waals surface area contributed by atoms with Crippen molar-refractivity contribution in [1.29, 1.82) is 0 Å². The van der Waals surface area contributed by atoms with E-state index in [4.69, 9.17) is 0 Å².